The summed E-state index contributed by atoms with van der Waals surface area (Å²) in [6.07, 6.45) is 2.69. The molecule has 1 atom stereocenters. The number of halogens is 1. The van der Waals surface area contributed by atoms with Crippen LogP contribution in [-0.2, 0) is 0 Å². The summed E-state index contributed by atoms with van der Waals surface area (Å²) in [7, 11) is 0. The molecule has 0 N–H and O–H groups in total. The predicted molar refractivity (Wildman–Crippen MR) is 46.1 cm³/mol. The molecule has 1 aliphatic rings. The average Bonchev–Trinajstić information content (AvgIpc) is 2.74. The lowest BCUT2D eigenvalue weighted by molar-refractivity contribution is 0.659. The van der Waals surface area contributed by atoms with E-state index >= 15 is 0 Å². The molecule has 1 fully saturated rings. The van der Waals surface area contributed by atoms with Crippen LogP contribution in [0.4, 0.5) is 0 Å². The second-order valence-electron chi connectivity index (χ2n) is 3.03. The molecule has 0 saturated heterocycles. The molecule has 0 aromatic carbocycles. The average molecular weight is 189 g/mol. The fourth-order valence-corrected chi connectivity index (χ4v) is 2.14. The highest BCUT2D eigenvalue weighted by Crippen LogP contribution is 2.42. The number of nitrogens with zero attached hydrogens (tertiary/aromatic N) is 2. The summed E-state index contributed by atoms with van der Waals surface area (Å²) < 4.78 is 3.94. The molecule has 1 aliphatic carbocycles. The first kappa shape index (κ1) is 7.50. The van der Waals surface area contributed by atoms with Gasteiger partial charge in [-0.05, 0) is 41.9 Å². The van der Waals surface area contributed by atoms with Gasteiger partial charge in [-0.15, -0.1) is 0 Å². The zero-order valence-corrected chi connectivity index (χ0v) is 7.82. The van der Waals surface area contributed by atoms with Crippen LogP contribution in [0.2, 0.25) is 5.28 Å². The monoisotopic (exact) mass is 188 g/mol. The van der Waals surface area contributed by atoms with Gasteiger partial charge in [0, 0.05) is 5.92 Å². The third kappa shape index (κ3) is 1.54. The van der Waals surface area contributed by atoms with E-state index in [9.17, 15) is 0 Å². The topological polar surface area (TPSA) is 25.8 Å². The maximum absolute atomic E-state index is 5.62. The van der Waals surface area contributed by atoms with Crippen LogP contribution < -0.4 is 0 Å². The van der Waals surface area contributed by atoms with Crippen LogP contribution in [-0.4, -0.2) is 9.36 Å². The fraction of sp³-hybridized carbons (Fsp3) is 0.714. The Morgan fingerprint density at radius 2 is 2.36 bits per heavy atom. The van der Waals surface area contributed by atoms with E-state index in [2.05, 4.69) is 16.3 Å². The van der Waals surface area contributed by atoms with E-state index in [1.165, 1.54) is 24.4 Å². The van der Waals surface area contributed by atoms with Gasteiger partial charge in [0.25, 0.3) is 0 Å². The molecule has 2 rings (SSSR count). The summed E-state index contributed by atoms with van der Waals surface area (Å²) in [6, 6.07) is 0. The van der Waals surface area contributed by atoms with Crippen molar-refractivity contribution in [2.75, 3.05) is 0 Å². The van der Waals surface area contributed by atoms with Crippen molar-refractivity contribution in [1.82, 2.24) is 9.36 Å². The highest BCUT2D eigenvalue weighted by atomic mass is 35.5. The van der Waals surface area contributed by atoms with Gasteiger partial charge in [-0.1, -0.05) is 6.92 Å². The van der Waals surface area contributed by atoms with Crippen molar-refractivity contribution < 1.29 is 0 Å². The molecule has 0 aliphatic heterocycles. The minimum absolute atomic E-state index is 0.400. The van der Waals surface area contributed by atoms with Crippen molar-refractivity contribution in [3.05, 3.63) is 10.3 Å². The molecule has 1 heterocycles. The molecule has 1 unspecified atom stereocenters. The number of hydrogen-bond acceptors (Lipinski definition) is 3. The lowest BCUT2D eigenvalue weighted by Gasteiger charge is -2.02. The van der Waals surface area contributed by atoms with Crippen molar-refractivity contribution in [3.63, 3.8) is 0 Å². The van der Waals surface area contributed by atoms with Gasteiger partial charge in [-0.2, -0.15) is 4.37 Å². The van der Waals surface area contributed by atoms with Crippen LogP contribution in [0.5, 0.6) is 0 Å². The van der Waals surface area contributed by atoms with E-state index in [4.69, 9.17) is 11.6 Å². The summed E-state index contributed by atoms with van der Waals surface area (Å²) in [6.45, 7) is 2.20. The zero-order valence-electron chi connectivity index (χ0n) is 6.25. The molecule has 60 valence electrons. The van der Waals surface area contributed by atoms with Gasteiger partial charge in [0.1, 0.15) is 5.01 Å². The van der Waals surface area contributed by atoms with E-state index < -0.39 is 0 Å². The predicted octanol–water partition coefficient (Wildman–Crippen LogP) is 2.71. The fourth-order valence-electron chi connectivity index (χ4n) is 1.20. The summed E-state index contributed by atoms with van der Waals surface area (Å²) >= 11 is 7.05. The van der Waals surface area contributed by atoms with Gasteiger partial charge in [-0.25, -0.2) is 4.98 Å². The Hall–Kier alpha value is -0.150. The number of rotatable bonds is 2. The van der Waals surface area contributed by atoms with E-state index in [1.807, 2.05) is 0 Å². The van der Waals surface area contributed by atoms with Crippen LogP contribution in [0.3, 0.4) is 0 Å². The Bertz CT molecular complexity index is 257. The van der Waals surface area contributed by atoms with Gasteiger partial charge in [-0.3, -0.25) is 0 Å². The molecule has 11 heavy (non-hydrogen) atoms. The van der Waals surface area contributed by atoms with Crippen molar-refractivity contribution in [1.29, 1.82) is 0 Å². The van der Waals surface area contributed by atoms with E-state index in [0.717, 1.165) is 10.9 Å². The molecule has 2 nitrogen and oxygen atoms in total. The number of aromatic nitrogens is 2. The molecule has 0 spiro atoms. The van der Waals surface area contributed by atoms with Crippen molar-refractivity contribution in [3.8, 4) is 0 Å². The highest BCUT2D eigenvalue weighted by molar-refractivity contribution is 7.05. The summed E-state index contributed by atoms with van der Waals surface area (Å²) in [5, 5.41) is 1.50. The Labute approximate surface area is 74.8 Å². The molecule has 0 bridgehead atoms. The van der Waals surface area contributed by atoms with Crippen molar-refractivity contribution >= 4 is 23.1 Å². The normalized spacial score (nSPS) is 20.2. The quantitative estimate of drug-likeness (QED) is 0.713. The molecule has 1 saturated carbocycles. The molecular weight excluding hydrogens is 180 g/mol. The van der Waals surface area contributed by atoms with Gasteiger partial charge >= 0.3 is 0 Å². The van der Waals surface area contributed by atoms with Crippen LogP contribution in [0.15, 0.2) is 0 Å². The van der Waals surface area contributed by atoms with Crippen LogP contribution in [0.1, 0.15) is 30.7 Å². The molecular formula is C7H9ClN2S. The molecule has 0 radical (unpaired) electrons. The molecule has 4 heteroatoms. The van der Waals surface area contributed by atoms with Crippen LogP contribution in [0, 0.1) is 5.92 Å². The first-order chi connectivity index (χ1) is 5.27. The summed E-state index contributed by atoms with van der Waals surface area (Å²) in [5.41, 5.74) is 0. The Kier molecular flexibility index (Phi) is 1.85. The van der Waals surface area contributed by atoms with Crippen LogP contribution in [0.25, 0.3) is 0 Å². The lowest BCUT2D eigenvalue weighted by Crippen LogP contribution is -1.93. The molecule has 1 aromatic heterocycles. The van der Waals surface area contributed by atoms with Gasteiger partial charge < -0.3 is 0 Å². The Morgan fingerprint density at radius 1 is 1.64 bits per heavy atom. The minimum atomic E-state index is 0.400. The zero-order chi connectivity index (χ0) is 7.84. The summed E-state index contributed by atoms with van der Waals surface area (Å²) in [5.74, 6) is 1.42. The largest absolute Gasteiger partial charge is 0.234 e. The molecule has 0 amide bonds. The van der Waals surface area contributed by atoms with E-state index in [1.54, 1.807) is 0 Å². The first-order valence-electron chi connectivity index (χ1n) is 3.76. The van der Waals surface area contributed by atoms with Gasteiger partial charge in [0.05, 0.1) is 0 Å². The SMILES string of the molecule is CC(c1nc(Cl)ns1)C1CC1. The summed E-state index contributed by atoms with van der Waals surface area (Å²) in [4.78, 5) is 4.14. The first-order valence-corrected chi connectivity index (χ1v) is 4.91. The van der Waals surface area contributed by atoms with Crippen molar-refractivity contribution in [2.45, 2.75) is 25.7 Å². The smallest absolute Gasteiger partial charge is 0.209 e. The standard InChI is InChI=1S/C7H9ClN2S/c1-4(5-2-3-5)6-9-7(8)10-11-6/h4-5H,2-3H2,1H3. The molecule has 1 aromatic rings. The van der Waals surface area contributed by atoms with Crippen molar-refractivity contribution in [2.24, 2.45) is 5.92 Å². The number of hydrogen-bond donors (Lipinski definition) is 0. The van der Waals surface area contributed by atoms with Crippen LogP contribution >= 0.6 is 23.1 Å². The van der Waals surface area contributed by atoms with Gasteiger partial charge in [0.15, 0.2) is 0 Å². The third-order valence-corrected chi connectivity index (χ3v) is 3.32. The lowest BCUT2D eigenvalue weighted by atomic mass is 10.1. The highest BCUT2D eigenvalue weighted by Gasteiger charge is 2.30. The van der Waals surface area contributed by atoms with E-state index in [0.29, 0.717) is 11.2 Å². The Balaban J connectivity index is 2.14. The second-order valence-corrected chi connectivity index (χ2v) is 4.15. The minimum Gasteiger partial charge on any atom is -0.209 e. The van der Waals surface area contributed by atoms with Gasteiger partial charge in [0.2, 0.25) is 5.28 Å². The van der Waals surface area contributed by atoms with E-state index in [-0.39, 0.29) is 0 Å². The third-order valence-electron chi connectivity index (χ3n) is 2.14. The Morgan fingerprint density at radius 3 is 2.82 bits per heavy atom. The maximum atomic E-state index is 5.62. The second kappa shape index (κ2) is 2.72. The maximum Gasteiger partial charge on any atom is 0.234 e.